The number of carbonyl (C=O) groups is 2. The van der Waals surface area contributed by atoms with Gasteiger partial charge < -0.3 is 4.74 Å². The van der Waals surface area contributed by atoms with Crippen molar-refractivity contribution in [3.05, 3.63) is 0 Å². The summed E-state index contributed by atoms with van der Waals surface area (Å²) in [6.45, 7) is 10.4. The zero-order valence-electron chi connectivity index (χ0n) is 15.6. The van der Waals surface area contributed by atoms with Crippen molar-refractivity contribution in [2.24, 2.45) is 23.2 Å². The molecule has 0 unspecified atom stereocenters. The molecule has 0 spiro atoms. The lowest BCUT2D eigenvalue weighted by atomic mass is 9.62. The maximum absolute atomic E-state index is 12.2. The SMILES string of the molecule is C[C@H](CCCC(=O)OC(C)(C)C)[C@H]1CC[C@H]2C(=O)CCC[C@]12C. The van der Waals surface area contributed by atoms with Gasteiger partial charge in [0.15, 0.2) is 0 Å². The quantitative estimate of drug-likeness (QED) is 0.675. The summed E-state index contributed by atoms with van der Waals surface area (Å²) >= 11 is 0. The molecule has 4 atom stereocenters. The van der Waals surface area contributed by atoms with Crippen LogP contribution in [0.2, 0.25) is 0 Å². The van der Waals surface area contributed by atoms with Crippen molar-refractivity contribution >= 4 is 11.8 Å². The lowest BCUT2D eigenvalue weighted by molar-refractivity contribution is -0.155. The van der Waals surface area contributed by atoms with Crippen molar-refractivity contribution in [2.75, 3.05) is 0 Å². The van der Waals surface area contributed by atoms with E-state index in [0.29, 0.717) is 30.0 Å². The summed E-state index contributed by atoms with van der Waals surface area (Å²) in [5.74, 6) is 1.93. The van der Waals surface area contributed by atoms with Crippen molar-refractivity contribution in [3.63, 3.8) is 0 Å². The molecule has 0 aromatic carbocycles. The molecule has 0 aliphatic heterocycles. The van der Waals surface area contributed by atoms with E-state index >= 15 is 0 Å². The molecule has 0 aromatic heterocycles. The van der Waals surface area contributed by atoms with Gasteiger partial charge in [-0.3, -0.25) is 9.59 Å². The molecule has 0 bridgehead atoms. The number of hydrogen-bond acceptors (Lipinski definition) is 3. The molecule has 2 saturated carbocycles. The molecular formula is C20H34O3. The Kier molecular flexibility index (Phi) is 5.58. The van der Waals surface area contributed by atoms with Gasteiger partial charge in [-0.2, -0.15) is 0 Å². The molecule has 3 nitrogen and oxygen atoms in total. The van der Waals surface area contributed by atoms with Crippen LogP contribution in [-0.2, 0) is 14.3 Å². The van der Waals surface area contributed by atoms with E-state index in [1.807, 2.05) is 20.8 Å². The van der Waals surface area contributed by atoms with Crippen LogP contribution < -0.4 is 0 Å². The fraction of sp³-hybridized carbons (Fsp3) is 0.900. The summed E-state index contributed by atoms with van der Waals surface area (Å²) in [7, 11) is 0. The Morgan fingerprint density at radius 2 is 2.04 bits per heavy atom. The summed E-state index contributed by atoms with van der Waals surface area (Å²) in [5.41, 5.74) is -0.183. The van der Waals surface area contributed by atoms with E-state index in [1.165, 1.54) is 12.8 Å². The molecule has 132 valence electrons. The van der Waals surface area contributed by atoms with Crippen molar-refractivity contribution < 1.29 is 14.3 Å². The standard InChI is InChI=1S/C20H34O3/c1-14(8-6-10-18(22)23-19(2,3)4)15-11-12-16-17(21)9-7-13-20(15,16)5/h14-16H,6-13H2,1-5H3/t14-,15-,16+,20-/m1/s1. The molecule has 2 rings (SSSR count). The van der Waals surface area contributed by atoms with Crippen LogP contribution in [0.5, 0.6) is 0 Å². The average molecular weight is 322 g/mol. The highest BCUT2D eigenvalue weighted by Gasteiger charge is 2.52. The van der Waals surface area contributed by atoms with Gasteiger partial charge in [0.2, 0.25) is 0 Å². The van der Waals surface area contributed by atoms with Gasteiger partial charge in [0, 0.05) is 18.8 Å². The molecule has 0 heterocycles. The van der Waals surface area contributed by atoms with Gasteiger partial charge in [0.1, 0.15) is 11.4 Å². The Labute approximate surface area is 141 Å². The maximum atomic E-state index is 12.2. The van der Waals surface area contributed by atoms with E-state index < -0.39 is 5.60 Å². The summed E-state index contributed by atoms with van der Waals surface area (Å²) < 4.78 is 5.38. The number of esters is 1. The molecular weight excluding hydrogens is 288 g/mol. The molecule has 0 aromatic rings. The van der Waals surface area contributed by atoms with E-state index in [4.69, 9.17) is 4.74 Å². The molecule has 0 saturated heterocycles. The van der Waals surface area contributed by atoms with Crippen molar-refractivity contribution in [1.82, 2.24) is 0 Å². The summed E-state index contributed by atoms with van der Waals surface area (Å²) in [4.78, 5) is 24.1. The second-order valence-corrected chi connectivity index (χ2v) is 9.02. The molecule has 0 amide bonds. The number of rotatable bonds is 5. The van der Waals surface area contributed by atoms with Crippen LogP contribution in [0.25, 0.3) is 0 Å². The average Bonchev–Trinajstić information content (AvgIpc) is 2.75. The Morgan fingerprint density at radius 3 is 2.70 bits per heavy atom. The van der Waals surface area contributed by atoms with Gasteiger partial charge in [-0.1, -0.05) is 13.8 Å². The summed E-state index contributed by atoms with van der Waals surface area (Å²) in [6.07, 6.45) is 7.77. The van der Waals surface area contributed by atoms with Gasteiger partial charge in [0.25, 0.3) is 0 Å². The van der Waals surface area contributed by atoms with Crippen molar-refractivity contribution in [3.8, 4) is 0 Å². The van der Waals surface area contributed by atoms with Crippen LogP contribution in [0.3, 0.4) is 0 Å². The molecule has 23 heavy (non-hydrogen) atoms. The molecule has 2 fully saturated rings. The first-order valence-electron chi connectivity index (χ1n) is 9.38. The third-order valence-electron chi connectivity index (χ3n) is 6.08. The molecule has 2 aliphatic rings. The third-order valence-corrected chi connectivity index (χ3v) is 6.08. The topological polar surface area (TPSA) is 43.4 Å². The fourth-order valence-electron chi connectivity index (χ4n) is 5.07. The predicted molar refractivity (Wildman–Crippen MR) is 92.0 cm³/mol. The van der Waals surface area contributed by atoms with Crippen molar-refractivity contribution in [1.29, 1.82) is 0 Å². The maximum Gasteiger partial charge on any atom is 0.306 e. The minimum absolute atomic E-state index is 0.0898. The Morgan fingerprint density at radius 1 is 1.35 bits per heavy atom. The highest BCUT2D eigenvalue weighted by molar-refractivity contribution is 5.83. The molecule has 0 radical (unpaired) electrons. The van der Waals surface area contributed by atoms with Crippen molar-refractivity contribution in [2.45, 2.75) is 91.6 Å². The van der Waals surface area contributed by atoms with Gasteiger partial charge in [0.05, 0.1) is 0 Å². The lowest BCUT2D eigenvalue weighted by Gasteiger charge is -2.42. The van der Waals surface area contributed by atoms with Crippen LogP contribution in [-0.4, -0.2) is 17.4 Å². The van der Waals surface area contributed by atoms with Crippen LogP contribution in [0, 0.1) is 23.2 Å². The third kappa shape index (κ3) is 4.36. The van der Waals surface area contributed by atoms with Gasteiger partial charge in [-0.05, 0) is 76.5 Å². The number of hydrogen-bond donors (Lipinski definition) is 0. The van der Waals surface area contributed by atoms with Crippen LogP contribution in [0.4, 0.5) is 0 Å². The Bertz CT molecular complexity index is 448. The highest BCUT2D eigenvalue weighted by atomic mass is 16.6. The fourth-order valence-corrected chi connectivity index (χ4v) is 5.07. The summed E-state index contributed by atoms with van der Waals surface area (Å²) in [5, 5.41) is 0. The van der Waals surface area contributed by atoms with E-state index in [9.17, 15) is 9.59 Å². The van der Waals surface area contributed by atoms with Gasteiger partial charge in [-0.15, -0.1) is 0 Å². The molecule has 0 N–H and O–H groups in total. The highest BCUT2D eigenvalue weighted by Crippen LogP contribution is 2.57. The van der Waals surface area contributed by atoms with E-state index in [-0.39, 0.29) is 11.4 Å². The van der Waals surface area contributed by atoms with E-state index in [0.717, 1.165) is 32.1 Å². The second kappa shape index (κ2) is 6.94. The number of fused-ring (bicyclic) bond motifs is 1. The first kappa shape index (κ1) is 18.5. The lowest BCUT2D eigenvalue weighted by Crippen LogP contribution is -2.39. The van der Waals surface area contributed by atoms with Gasteiger partial charge in [-0.25, -0.2) is 0 Å². The monoisotopic (exact) mass is 322 g/mol. The van der Waals surface area contributed by atoms with Gasteiger partial charge >= 0.3 is 5.97 Å². The van der Waals surface area contributed by atoms with E-state index in [1.54, 1.807) is 0 Å². The largest absolute Gasteiger partial charge is 0.460 e. The number of ketones is 1. The van der Waals surface area contributed by atoms with E-state index in [2.05, 4.69) is 13.8 Å². The Balaban J connectivity index is 1.83. The first-order chi connectivity index (χ1) is 10.6. The molecule has 2 aliphatic carbocycles. The first-order valence-corrected chi connectivity index (χ1v) is 9.38. The number of carbonyl (C=O) groups excluding carboxylic acids is 2. The normalized spacial score (nSPS) is 32.5. The van der Waals surface area contributed by atoms with Crippen LogP contribution in [0.15, 0.2) is 0 Å². The number of ether oxygens (including phenoxy) is 1. The number of Topliss-reactive ketones (excluding diaryl/α,β-unsaturated/α-hetero) is 1. The van der Waals surface area contributed by atoms with Crippen LogP contribution >= 0.6 is 0 Å². The zero-order valence-corrected chi connectivity index (χ0v) is 15.6. The Hall–Kier alpha value is -0.860. The second-order valence-electron chi connectivity index (χ2n) is 9.02. The minimum atomic E-state index is -0.392. The minimum Gasteiger partial charge on any atom is -0.460 e. The summed E-state index contributed by atoms with van der Waals surface area (Å²) in [6, 6.07) is 0. The predicted octanol–water partition coefficient (Wildman–Crippen LogP) is 4.92. The zero-order chi connectivity index (χ0) is 17.3. The van der Waals surface area contributed by atoms with Crippen LogP contribution in [0.1, 0.15) is 86.0 Å². The molecule has 3 heteroatoms. The smallest absolute Gasteiger partial charge is 0.306 e.